The fraction of sp³-hybridized carbons (Fsp3) is 0.188. The van der Waals surface area contributed by atoms with Gasteiger partial charge >= 0.3 is 0 Å². The maximum atomic E-state index is 12.0. The van der Waals surface area contributed by atoms with Crippen molar-refractivity contribution in [1.29, 1.82) is 0 Å². The molecule has 118 valence electrons. The van der Waals surface area contributed by atoms with Gasteiger partial charge in [-0.1, -0.05) is 22.8 Å². The van der Waals surface area contributed by atoms with Crippen molar-refractivity contribution in [3.05, 3.63) is 57.5 Å². The Hall–Kier alpha value is -2.18. The number of aromatic nitrogens is 2. The van der Waals surface area contributed by atoms with Gasteiger partial charge in [-0.2, -0.15) is 4.98 Å². The van der Waals surface area contributed by atoms with Crippen LogP contribution in [0.3, 0.4) is 0 Å². The van der Waals surface area contributed by atoms with Crippen LogP contribution in [-0.4, -0.2) is 16.0 Å². The predicted molar refractivity (Wildman–Crippen MR) is 89.3 cm³/mol. The van der Waals surface area contributed by atoms with Gasteiger partial charge in [0.05, 0.1) is 12.5 Å². The zero-order valence-corrected chi connectivity index (χ0v) is 13.9. The third-order valence-corrected chi connectivity index (χ3v) is 4.34. The number of carbonyl (C=O) groups is 1. The summed E-state index contributed by atoms with van der Waals surface area (Å²) in [6.45, 7) is 1.82. The Labute approximate surface area is 142 Å². The second-order valence-electron chi connectivity index (χ2n) is 5.01. The van der Waals surface area contributed by atoms with Crippen LogP contribution in [0, 0.1) is 0 Å². The summed E-state index contributed by atoms with van der Waals surface area (Å²) in [7, 11) is 0. The molecule has 7 heteroatoms. The van der Waals surface area contributed by atoms with Gasteiger partial charge in [0.1, 0.15) is 0 Å². The lowest BCUT2D eigenvalue weighted by Crippen LogP contribution is -2.28. The molecule has 0 aliphatic rings. The SMILES string of the molecule is C[C@H](NC(=O)Cc1cccs1)c1noc(-c2ccc(Cl)cc2)n1. The molecule has 0 aliphatic heterocycles. The van der Waals surface area contributed by atoms with Crippen molar-refractivity contribution in [3.63, 3.8) is 0 Å². The van der Waals surface area contributed by atoms with Gasteiger partial charge < -0.3 is 9.84 Å². The Morgan fingerprint density at radius 3 is 2.83 bits per heavy atom. The number of hydrogen-bond acceptors (Lipinski definition) is 5. The van der Waals surface area contributed by atoms with Crippen LogP contribution in [0.25, 0.3) is 11.5 Å². The van der Waals surface area contributed by atoms with E-state index in [1.54, 1.807) is 35.6 Å². The molecular formula is C16H14ClN3O2S. The van der Waals surface area contributed by atoms with Crippen LogP contribution in [0.1, 0.15) is 23.7 Å². The maximum Gasteiger partial charge on any atom is 0.257 e. The fourth-order valence-electron chi connectivity index (χ4n) is 2.05. The van der Waals surface area contributed by atoms with E-state index >= 15 is 0 Å². The van der Waals surface area contributed by atoms with E-state index in [1.165, 1.54) is 0 Å². The molecule has 23 heavy (non-hydrogen) atoms. The third kappa shape index (κ3) is 3.97. The lowest BCUT2D eigenvalue weighted by Gasteiger charge is -2.09. The van der Waals surface area contributed by atoms with Gasteiger partial charge in [-0.3, -0.25) is 4.79 Å². The monoisotopic (exact) mass is 347 g/mol. The predicted octanol–water partition coefficient (Wildman–Crippen LogP) is 3.87. The first kappa shape index (κ1) is 15.7. The van der Waals surface area contributed by atoms with Crippen LogP contribution in [0.15, 0.2) is 46.3 Å². The Morgan fingerprint density at radius 1 is 1.35 bits per heavy atom. The summed E-state index contributed by atoms with van der Waals surface area (Å²) in [5, 5.41) is 9.39. The smallest absolute Gasteiger partial charge is 0.257 e. The lowest BCUT2D eigenvalue weighted by atomic mass is 10.2. The lowest BCUT2D eigenvalue weighted by molar-refractivity contribution is -0.121. The van der Waals surface area contributed by atoms with Gasteiger partial charge in [-0.15, -0.1) is 11.3 Å². The standard InChI is InChI=1S/C16H14ClN3O2S/c1-10(18-14(21)9-13-3-2-8-23-13)15-19-16(22-20-15)11-4-6-12(17)7-5-11/h2-8,10H,9H2,1H3,(H,18,21)/t10-/m0/s1. The first-order valence-electron chi connectivity index (χ1n) is 7.03. The van der Waals surface area contributed by atoms with Crippen molar-refractivity contribution < 1.29 is 9.32 Å². The molecule has 0 fully saturated rings. The topological polar surface area (TPSA) is 68.0 Å². The molecule has 3 rings (SSSR count). The summed E-state index contributed by atoms with van der Waals surface area (Å²) in [5.74, 6) is 0.767. The minimum atomic E-state index is -0.327. The maximum absolute atomic E-state index is 12.0. The Bertz CT molecular complexity index is 784. The molecule has 0 saturated heterocycles. The first-order valence-corrected chi connectivity index (χ1v) is 8.29. The minimum Gasteiger partial charge on any atom is -0.346 e. The molecule has 0 unspecified atom stereocenters. The van der Waals surface area contributed by atoms with Crippen molar-refractivity contribution in [1.82, 2.24) is 15.5 Å². The quantitative estimate of drug-likeness (QED) is 0.760. The molecule has 1 aromatic carbocycles. The van der Waals surface area contributed by atoms with Crippen molar-refractivity contribution in [2.75, 3.05) is 0 Å². The molecule has 0 spiro atoms. The molecule has 2 aromatic heterocycles. The molecule has 1 amide bonds. The number of rotatable bonds is 5. The number of thiophene rings is 1. The second kappa shape index (κ2) is 6.93. The highest BCUT2D eigenvalue weighted by Crippen LogP contribution is 2.21. The highest BCUT2D eigenvalue weighted by atomic mass is 35.5. The number of amides is 1. The van der Waals surface area contributed by atoms with Crippen molar-refractivity contribution >= 4 is 28.8 Å². The van der Waals surface area contributed by atoms with Crippen LogP contribution in [0.4, 0.5) is 0 Å². The number of halogens is 1. The zero-order valence-electron chi connectivity index (χ0n) is 12.3. The molecule has 0 bridgehead atoms. The molecule has 5 nitrogen and oxygen atoms in total. The highest BCUT2D eigenvalue weighted by Gasteiger charge is 2.17. The largest absolute Gasteiger partial charge is 0.346 e. The Balaban J connectivity index is 1.65. The van der Waals surface area contributed by atoms with E-state index < -0.39 is 0 Å². The average molecular weight is 348 g/mol. The van der Waals surface area contributed by atoms with E-state index in [1.807, 2.05) is 24.4 Å². The van der Waals surface area contributed by atoms with Crippen molar-refractivity contribution in [2.45, 2.75) is 19.4 Å². The molecule has 1 atom stereocenters. The number of benzene rings is 1. The van der Waals surface area contributed by atoms with Gasteiger partial charge in [0.2, 0.25) is 5.91 Å². The number of hydrogen-bond donors (Lipinski definition) is 1. The number of carbonyl (C=O) groups excluding carboxylic acids is 1. The summed E-state index contributed by atoms with van der Waals surface area (Å²) >= 11 is 7.41. The molecule has 0 radical (unpaired) electrons. The Kier molecular flexibility index (Phi) is 4.73. The van der Waals surface area contributed by atoms with E-state index in [-0.39, 0.29) is 11.9 Å². The number of nitrogens with one attached hydrogen (secondary N) is 1. The zero-order chi connectivity index (χ0) is 16.2. The van der Waals surface area contributed by atoms with E-state index in [4.69, 9.17) is 16.1 Å². The normalized spacial score (nSPS) is 12.1. The molecule has 0 saturated carbocycles. The summed E-state index contributed by atoms with van der Waals surface area (Å²) in [6.07, 6.45) is 0.351. The summed E-state index contributed by atoms with van der Waals surface area (Å²) in [4.78, 5) is 17.3. The summed E-state index contributed by atoms with van der Waals surface area (Å²) in [6, 6.07) is 10.7. The van der Waals surface area contributed by atoms with Gasteiger partial charge in [0.15, 0.2) is 5.82 Å². The molecule has 1 N–H and O–H groups in total. The molecule has 0 aliphatic carbocycles. The van der Waals surface area contributed by atoms with Crippen LogP contribution >= 0.6 is 22.9 Å². The second-order valence-corrected chi connectivity index (χ2v) is 6.48. The number of nitrogens with zero attached hydrogens (tertiary/aromatic N) is 2. The van der Waals surface area contributed by atoms with Gasteiger partial charge in [-0.25, -0.2) is 0 Å². The van der Waals surface area contributed by atoms with Crippen molar-refractivity contribution in [2.24, 2.45) is 0 Å². The highest BCUT2D eigenvalue weighted by molar-refractivity contribution is 7.10. The van der Waals surface area contributed by atoms with Crippen LogP contribution in [0.5, 0.6) is 0 Å². The third-order valence-electron chi connectivity index (χ3n) is 3.21. The first-order chi connectivity index (χ1) is 11.1. The van der Waals surface area contributed by atoms with Crippen LogP contribution < -0.4 is 5.32 Å². The van der Waals surface area contributed by atoms with Crippen molar-refractivity contribution in [3.8, 4) is 11.5 Å². The van der Waals surface area contributed by atoms with Gasteiger partial charge in [-0.05, 0) is 42.6 Å². The van der Waals surface area contributed by atoms with E-state index in [0.29, 0.717) is 23.2 Å². The fourth-order valence-corrected chi connectivity index (χ4v) is 2.88. The molecule has 2 heterocycles. The minimum absolute atomic E-state index is 0.0715. The average Bonchev–Trinajstić information content (AvgIpc) is 3.19. The van der Waals surface area contributed by atoms with Crippen LogP contribution in [0.2, 0.25) is 5.02 Å². The van der Waals surface area contributed by atoms with Gasteiger partial charge in [0.25, 0.3) is 5.89 Å². The van der Waals surface area contributed by atoms with E-state index in [9.17, 15) is 4.79 Å². The Morgan fingerprint density at radius 2 is 2.13 bits per heavy atom. The van der Waals surface area contributed by atoms with E-state index in [2.05, 4.69) is 15.5 Å². The van der Waals surface area contributed by atoms with E-state index in [0.717, 1.165) is 10.4 Å². The molecular weight excluding hydrogens is 334 g/mol. The summed E-state index contributed by atoms with van der Waals surface area (Å²) in [5.41, 5.74) is 0.783. The molecule has 3 aromatic rings. The van der Waals surface area contributed by atoms with Crippen LogP contribution in [-0.2, 0) is 11.2 Å². The summed E-state index contributed by atoms with van der Waals surface area (Å²) < 4.78 is 5.25. The van der Waals surface area contributed by atoms with Gasteiger partial charge in [0, 0.05) is 15.5 Å².